The van der Waals surface area contributed by atoms with E-state index >= 15 is 0 Å². The smallest absolute Gasteiger partial charge is 0.315 e. The number of hydrogen-bond donors (Lipinski definition) is 2. The molecule has 0 aromatic heterocycles. The largest absolute Gasteiger partial charge is 0.383 e. The minimum Gasteiger partial charge on any atom is -0.383 e. The number of anilines is 1. The number of benzene rings is 1. The molecular formula is C14H23N3O2. The standard InChI is InChI=1S/C14H23N3O2/c1-11-5-6-12(13(9-11)17(2)3)10-16-14(18)15-7-8-19-4/h5-6,9H,7-8,10H2,1-4H3,(H2,15,16,18). The average molecular weight is 265 g/mol. The number of aryl methyl sites for hydroxylation is 1. The van der Waals surface area contributed by atoms with Gasteiger partial charge in [-0.05, 0) is 24.1 Å². The summed E-state index contributed by atoms with van der Waals surface area (Å²) in [5.41, 5.74) is 3.42. The lowest BCUT2D eigenvalue weighted by molar-refractivity contribution is 0.196. The molecule has 0 bridgehead atoms. The van der Waals surface area contributed by atoms with Gasteiger partial charge in [-0.25, -0.2) is 4.79 Å². The van der Waals surface area contributed by atoms with E-state index in [2.05, 4.69) is 23.6 Å². The van der Waals surface area contributed by atoms with Crippen molar-refractivity contribution in [2.75, 3.05) is 39.3 Å². The van der Waals surface area contributed by atoms with Gasteiger partial charge in [0, 0.05) is 40.0 Å². The highest BCUT2D eigenvalue weighted by Gasteiger charge is 2.06. The number of hydrogen-bond acceptors (Lipinski definition) is 3. The van der Waals surface area contributed by atoms with Crippen LogP contribution in [-0.2, 0) is 11.3 Å². The van der Waals surface area contributed by atoms with Crippen LogP contribution in [0, 0.1) is 6.92 Å². The Hall–Kier alpha value is -1.75. The molecule has 0 aliphatic carbocycles. The third-order valence-electron chi connectivity index (χ3n) is 2.75. The van der Waals surface area contributed by atoms with Crippen LogP contribution in [0.2, 0.25) is 0 Å². The van der Waals surface area contributed by atoms with E-state index in [1.165, 1.54) is 5.56 Å². The number of methoxy groups -OCH3 is 1. The highest BCUT2D eigenvalue weighted by atomic mass is 16.5. The zero-order valence-electron chi connectivity index (χ0n) is 12.1. The van der Waals surface area contributed by atoms with E-state index in [9.17, 15) is 4.79 Å². The lowest BCUT2D eigenvalue weighted by Gasteiger charge is -2.18. The van der Waals surface area contributed by atoms with Gasteiger partial charge in [0.1, 0.15) is 0 Å². The summed E-state index contributed by atoms with van der Waals surface area (Å²) in [5.74, 6) is 0. The Labute approximate surface area is 114 Å². The summed E-state index contributed by atoms with van der Waals surface area (Å²) < 4.78 is 4.87. The van der Waals surface area contributed by atoms with Gasteiger partial charge in [-0.1, -0.05) is 12.1 Å². The summed E-state index contributed by atoms with van der Waals surface area (Å²) in [6.07, 6.45) is 0. The molecule has 1 aromatic rings. The SMILES string of the molecule is COCCNC(=O)NCc1ccc(C)cc1N(C)C. The third kappa shape index (κ3) is 5.18. The maximum absolute atomic E-state index is 11.5. The quantitative estimate of drug-likeness (QED) is 0.767. The fourth-order valence-corrected chi connectivity index (χ4v) is 1.74. The molecule has 2 amide bonds. The van der Waals surface area contributed by atoms with Crippen molar-refractivity contribution in [1.82, 2.24) is 10.6 Å². The Morgan fingerprint density at radius 3 is 2.68 bits per heavy atom. The van der Waals surface area contributed by atoms with E-state index in [-0.39, 0.29) is 6.03 Å². The maximum atomic E-state index is 11.5. The second-order valence-corrected chi connectivity index (χ2v) is 4.63. The molecule has 0 spiro atoms. The van der Waals surface area contributed by atoms with Crippen LogP contribution >= 0.6 is 0 Å². The lowest BCUT2D eigenvalue weighted by atomic mass is 10.1. The predicted molar refractivity (Wildman–Crippen MR) is 77.6 cm³/mol. The van der Waals surface area contributed by atoms with Crippen molar-refractivity contribution < 1.29 is 9.53 Å². The van der Waals surface area contributed by atoms with Crippen LogP contribution in [0.15, 0.2) is 18.2 Å². The fraction of sp³-hybridized carbons (Fsp3) is 0.500. The molecule has 0 atom stereocenters. The topological polar surface area (TPSA) is 53.6 Å². The molecule has 0 fully saturated rings. The van der Waals surface area contributed by atoms with Crippen molar-refractivity contribution >= 4 is 11.7 Å². The number of ether oxygens (including phenoxy) is 1. The molecule has 1 rings (SSSR count). The molecule has 0 heterocycles. The van der Waals surface area contributed by atoms with Crippen molar-refractivity contribution in [3.63, 3.8) is 0 Å². The number of urea groups is 1. The number of amides is 2. The Morgan fingerprint density at radius 2 is 2.05 bits per heavy atom. The second-order valence-electron chi connectivity index (χ2n) is 4.63. The molecule has 1 aromatic carbocycles. The summed E-state index contributed by atoms with van der Waals surface area (Å²) in [6, 6.07) is 6.02. The summed E-state index contributed by atoms with van der Waals surface area (Å²) >= 11 is 0. The summed E-state index contributed by atoms with van der Waals surface area (Å²) in [4.78, 5) is 13.6. The first-order chi connectivity index (χ1) is 9.04. The van der Waals surface area contributed by atoms with Gasteiger partial charge < -0.3 is 20.3 Å². The van der Waals surface area contributed by atoms with Gasteiger partial charge >= 0.3 is 6.03 Å². The molecule has 0 unspecified atom stereocenters. The van der Waals surface area contributed by atoms with E-state index in [1.54, 1.807) is 7.11 Å². The number of nitrogens with zero attached hydrogens (tertiary/aromatic N) is 1. The molecule has 0 saturated heterocycles. The van der Waals surface area contributed by atoms with Crippen LogP contribution in [-0.4, -0.2) is 40.4 Å². The van der Waals surface area contributed by atoms with E-state index in [4.69, 9.17) is 4.74 Å². The van der Waals surface area contributed by atoms with Crippen molar-refractivity contribution in [2.45, 2.75) is 13.5 Å². The van der Waals surface area contributed by atoms with E-state index in [0.29, 0.717) is 19.7 Å². The number of nitrogens with one attached hydrogen (secondary N) is 2. The minimum absolute atomic E-state index is 0.178. The van der Waals surface area contributed by atoms with Crippen molar-refractivity contribution in [3.8, 4) is 0 Å². The first kappa shape index (κ1) is 15.3. The molecule has 19 heavy (non-hydrogen) atoms. The van der Waals surface area contributed by atoms with Gasteiger partial charge in [-0.3, -0.25) is 0 Å². The van der Waals surface area contributed by atoms with Gasteiger partial charge in [-0.2, -0.15) is 0 Å². The molecule has 0 saturated carbocycles. The predicted octanol–water partition coefficient (Wildman–Crippen LogP) is 1.51. The Kier molecular flexibility index (Phi) is 6.15. The third-order valence-corrected chi connectivity index (χ3v) is 2.75. The maximum Gasteiger partial charge on any atom is 0.315 e. The van der Waals surface area contributed by atoms with Crippen LogP contribution < -0.4 is 15.5 Å². The highest BCUT2D eigenvalue weighted by Crippen LogP contribution is 2.19. The van der Waals surface area contributed by atoms with E-state index in [1.807, 2.05) is 31.1 Å². The van der Waals surface area contributed by atoms with Crippen molar-refractivity contribution in [2.24, 2.45) is 0 Å². The number of carbonyl (C=O) groups is 1. The van der Waals surface area contributed by atoms with Gasteiger partial charge in [0.2, 0.25) is 0 Å². The highest BCUT2D eigenvalue weighted by molar-refractivity contribution is 5.74. The molecule has 106 valence electrons. The molecule has 0 aliphatic rings. The average Bonchev–Trinajstić information content (AvgIpc) is 2.37. The van der Waals surface area contributed by atoms with E-state index in [0.717, 1.165) is 11.3 Å². The van der Waals surface area contributed by atoms with Crippen LogP contribution in [0.5, 0.6) is 0 Å². The summed E-state index contributed by atoms with van der Waals surface area (Å²) in [5, 5.41) is 5.57. The molecular weight excluding hydrogens is 242 g/mol. The first-order valence-corrected chi connectivity index (χ1v) is 6.32. The van der Waals surface area contributed by atoms with Crippen molar-refractivity contribution in [1.29, 1.82) is 0 Å². The van der Waals surface area contributed by atoms with Gasteiger partial charge in [0.05, 0.1) is 6.61 Å². The van der Waals surface area contributed by atoms with Crippen LogP contribution in [0.4, 0.5) is 10.5 Å². The monoisotopic (exact) mass is 265 g/mol. The first-order valence-electron chi connectivity index (χ1n) is 6.32. The van der Waals surface area contributed by atoms with Gasteiger partial charge in [0.15, 0.2) is 0 Å². The zero-order valence-corrected chi connectivity index (χ0v) is 12.1. The second kappa shape index (κ2) is 7.63. The van der Waals surface area contributed by atoms with Gasteiger partial charge in [-0.15, -0.1) is 0 Å². The number of carbonyl (C=O) groups excluding carboxylic acids is 1. The Bertz CT molecular complexity index is 419. The molecule has 2 N–H and O–H groups in total. The van der Waals surface area contributed by atoms with Crippen molar-refractivity contribution in [3.05, 3.63) is 29.3 Å². The molecule has 0 radical (unpaired) electrons. The van der Waals surface area contributed by atoms with Crippen LogP contribution in [0.25, 0.3) is 0 Å². The Balaban J connectivity index is 2.55. The molecule has 5 nitrogen and oxygen atoms in total. The lowest BCUT2D eigenvalue weighted by Crippen LogP contribution is -2.37. The molecule has 5 heteroatoms. The Morgan fingerprint density at radius 1 is 1.32 bits per heavy atom. The molecule has 0 aliphatic heterocycles. The van der Waals surface area contributed by atoms with Gasteiger partial charge in [0.25, 0.3) is 0 Å². The minimum atomic E-state index is -0.178. The normalized spacial score (nSPS) is 10.1. The van der Waals surface area contributed by atoms with Crippen LogP contribution in [0.1, 0.15) is 11.1 Å². The summed E-state index contributed by atoms with van der Waals surface area (Å²) in [7, 11) is 5.60. The fourth-order valence-electron chi connectivity index (χ4n) is 1.74. The van der Waals surface area contributed by atoms with Crippen LogP contribution in [0.3, 0.4) is 0 Å². The number of rotatable bonds is 6. The van der Waals surface area contributed by atoms with E-state index < -0.39 is 0 Å². The summed E-state index contributed by atoms with van der Waals surface area (Å²) in [6.45, 7) is 3.59. The zero-order chi connectivity index (χ0) is 14.3.